The number of rotatable bonds is 1. The Morgan fingerprint density at radius 1 is 1.00 bits per heavy atom. The average molecular weight is 269 g/mol. The predicted octanol–water partition coefficient (Wildman–Crippen LogP) is 2.83. The highest BCUT2D eigenvalue weighted by Crippen LogP contribution is 2.39. The lowest BCUT2D eigenvalue weighted by molar-refractivity contribution is 0.0390. The van der Waals surface area contributed by atoms with Crippen molar-refractivity contribution < 1.29 is 14.3 Å². The smallest absolute Gasteiger partial charge is 0.346 e. The van der Waals surface area contributed by atoms with Crippen molar-refractivity contribution in [1.82, 2.24) is 0 Å². The van der Waals surface area contributed by atoms with Crippen LogP contribution < -0.4 is 4.90 Å². The van der Waals surface area contributed by atoms with Crippen molar-refractivity contribution in [2.24, 2.45) is 0 Å². The molecule has 0 N–H and O–H groups in total. The normalized spacial score (nSPS) is 13.6. The second-order valence-corrected chi connectivity index (χ2v) is 5.27. The van der Waals surface area contributed by atoms with Gasteiger partial charge in [0, 0.05) is 30.6 Å². The molecule has 0 bridgehead atoms. The molecule has 0 amide bonds. The molecule has 1 heterocycles. The van der Waals surface area contributed by atoms with Crippen LogP contribution in [0.15, 0.2) is 18.2 Å². The molecule has 102 valence electrons. The lowest BCUT2D eigenvalue weighted by Gasteiger charge is -2.25. The molecule has 4 nitrogen and oxygen atoms in total. The van der Waals surface area contributed by atoms with Crippen molar-refractivity contribution in [1.29, 1.82) is 0 Å². The van der Waals surface area contributed by atoms with E-state index in [1.165, 1.54) is 0 Å². The number of benzene rings is 2. The molecule has 0 aliphatic carbocycles. The van der Waals surface area contributed by atoms with Crippen LogP contribution in [0.4, 0.5) is 5.69 Å². The Kier molecular flexibility index (Phi) is 2.57. The summed E-state index contributed by atoms with van der Waals surface area (Å²) in [4.78, 5) is 26.0. The highest BCUT2D eigenvalue weighted by Gasteiger charge is 2.31. The molecule has 0 unspecified atom stereocenters. The number of hydrogen-bond donors (Lipinski definition) is 0. The summed E-state index contributed by atoms with van der Waals surface area (Å²) in [6, 6.07) is 5.46. The highest BCUT2D eigenvalue weighted by atomic mass is 16.6. The minimum absolute atomic E-state index is 0.461. The van der Waals surface area contributed by atoms with Crippen LogP contribution in [0.3, 0.4) is 0 Å². The molecule has 2 aromatic carbocycles. The Morgan fingerprint density at radius 2 is 1.70 bits per heavy atom. The van der Waals surface area contributed by atoms with Gasteiger partial charge < -0.3 is 9.64 Å². The van der Waals surface area contributed by atoms with Crippen LogP contribution in [0.2, 0.25) is 0 Å². The third-order valence-corrected chi connectivity index (χ3v) is 3.92. The zero-order valence-electron chi connectivity index (χ0n) is 11.9. The number of nitrogens with zero attached hydrogens (tertiary/aromatic N) is 1. The van der Waals surface area contributed by atoms with E-state index in [2.05, 4.69) is 0 Å². The molecule has 0 fully saturated rings. The van der Waals surface area contributed by atoms with E-state index >= 15 is 0 Å². The molecule has 0 saturated carbocycles. The van der Waals surface area contributed by atoms with Gasteiger partial charge >= 0.3 is 11.9 Å². The maximum Gasteiger partial charge on any atom is 0.346 e. The molecule has 0 saturated heterocycles. The number of ether oxygens (including phenoxy) is 1. The fourth-order valence-electron chi connectivity index (χ4n) is 2.97. The fourth-order valence-corrected chi connectivity index (χ4v) is 2.97. The van der Waals surface area contributed by atoms with Crippen molar-refractivity contribution in [2.75, 3.05) is 19.0 Å². The van der Waals surface area contributed by atoms with Gasteiger partial charge in [-0.2, -0.15) is 0 Å². The Labute approximate surface area is 116 Å². The summed E-state index contributed by atoms with van der Waals surface area (Å²) in [5, 5.41) is 1.62. The lowest BCUT2D eigenvalue weighted by Crippen LogP contribution is -2.22. The number of esters is 2. The van der Waals surface area contributed by atoms with Gasteiger partial charge in [-0.15, -0.1) is 0 Å². The summed E-state index contributed by atoms with van der Waals surface area (Å²) in [7, 11) is 3.92. The molecular formula is C16H15NO3. The van der Waals surface area contributed by atoms with E-state index in [0.29, 0.717) is 16.5 Å². The number of cyclic esters (lactones) is 2. The summed E-state index contributed by atoms with van der Waals surface area (Å²) in [5.41, 5.74) is 3.90. The van der Waals surface area contributed by atoms with E-state index in [1.807, 2.05) is 45.0 Å². The summed E-state index contributed by atoms with van der Waals surface area (Å²) in [6.07, 6.45) is 0. The maximum absolute atomic E-state index is 12.1. The second-order valence-electron chi connectivity index (χ2n) is 5.27. The van der Waals surface area contributed by atoms with Crippen LogP contribution >= 0.6 is 0 Å². The number of hydrogen-bond acceptors (Lipinski definition) is 4. The van der Waals surface area contributed by atoms with Crippen LogP contribution in [-0.2, 0) is 4.74 Å². The number of anilines is 1. The molecule has 0 aromatic heterocycles. The van der Waals surface area contributed by atoms with Crippen molar-refractivity contribution in [3.63, 3.8) is 0 Å². The van der Waals surface area contributed by atoms with Gasteiger partial charge in [0.2, 0.25) is 0 Å². The summed E-state index contributed by atoms with van der Waals surface area (Å²) < 4.78 is 4.85. The van der Waals surface area contributed by atoms with Crippen LogP contribution in [0.5, 0.6) is 0 Å². The van der Waals surface area contributed by atoms with Gasteiger partial charge in [-0.05, 0) is 31.0 Å². The minimum atomic E-state index is -0.568. The van der Waals surface area contributed by atoms with E-state index in [1.54, 1.807) is 6.07 Å². The molecule has 2 aromatic rings. The maximum atomic E-state index is 12.1. The molecule has 1 aliphatic heterocycles. The zero-order chi connectivity index (χ0) is 14.6. The summed E-state index contributed by atoms with van der Waals surface area (Å²) in [6.45, 7) is 3.88. The van der Waals surface area contributed by atoms with E-state index in [-0.39, 0.29) is 0 Å². The molecule has 4 heteroatoms. The van der Waals surface area contributed by atoms with Crippen molar-refractivity contribution in [3.8, 4) is 0 Å². The summed E-state index contributed by atoms with van der Waals surface area (Å²) in [5.74, 6) is -1.12. The summed E-state index contributed by atoms with van der Waals surface area (Å²) >= 11 is 0. The first kappa shape index (κ1) is 12.7. The van der Waals surface area contributed by atoms with Crippen molar-refractivity contribution in [3.05, 3.63) is 40.5 Å². The molecule has 20 heavy (non-hydrogen) atoms. The first-order valence-corrected chi connectivity index (χ1v) is 6.43. The third kappa shape index (κ3) is 1.48. The quantitative estimate of drug-likeness (QED) is 0.590. The van der Waals surface area contributed by atoms with Gasteiger partial charge in [0.25, 0.3) is 0 Å². The molecule has 1 aliphatic rings. The predicted molar refractivity (Wildman–Crippen MR) is 77.5 cm³/mol. The van der Waals surface area contributed by atoms with E-state index in [0.717, 1.165) is 22.2 Å². The van der Waals surface area contributed by atoms with E-state index in [4.69, 9.17) is 4.74 Å². The first-order valence-electron chi connectivity index (χ1n) is 6.43. The molecule has 0 spiro atoms. The SMILES string of the molecule is Cc1c(C)c2c3c(cccc3c1N(C)C)C(=O)OC2=O. The molecule has 0 atom stereocenters. The molecular weight excluding hydrogens is 254 g/mol. The largest absolute Gasteiger partial charge is 0.386 e. The topological polar surface area (TPSA) is 46.6 Å². The van der Waals surface area contributed by atoms with Crippen LogP contribution in [0, 0.1) is 13.8 Å². The Balaban J connectivity index is 2.61. The minimum Gasteiger partial charge on any atom is -0.386 e. The van der Waals surface area contributed by atoms with Gasteiger partial charge in [-0.3, -0.25) is 0 Å². The zero-order valence-corrected chi connectivity index (χ0v) is 11.9. The number of carbonyl (C=O) groups is 2. The van der Waals surface area contributed by atoms with E-state index in [9.17, 15) is 9.59 Å². The van der Waals surface area contributed by atoms with E-state index < -0.39 is 11.9 Å². The molecule has 0 radical (unpaired) electrons. The number of carbonyl (C=O) groups excluding carboxylic acids is 2. The van der Waals surface area contributed by atoms with Gasteiger partial charge in [-0.25, -0.2) is 9.59 Å². The van der Waals surface area contributed by atoms with Gasteiger partial charge in [-0.1, -0.05) is 12.1 Å². The van der Waals surface area contributed by atoms with Gasteiger partial charge in [0.1, 0.15) is 0 Å². The fraction of sp³-hybridized carbons (Fsp3) is 0.250. The standard InChI is InChI=1S/C16H15NO3/c1-8-9(2)14(17(3)4)10-6-5-7-11-13(10)12(8)16(19)20-15(11)18/h5-7H,1-4H3. The van der Waals surface area contributed by atoms with Crippen LogP contribution in [-0.4, -0.2) is 26.0 Å². The first-order chi connectivity index (χ1) is 9.43. The Hall–Kier alpha value is -2.36. The Bertz CT molecular complexity index is 775. The third-order valence-electron chi connectivity index (χ3n) is 3.92. The van der Waals surface area contributed by atoms with Crippen molar-refractivity contribution in [2.45, 2.75) is 13.8 Å². The average Bonchev–Trinajstić information content (AvgIpc) is 2.38. The van der Waals surface area contributed by atoms with Crippen molar-refractivity contribution >= 4 is 28.4 Å². The Morgan fingerprint density at radius 3 is 2.35 bits per heavy atom. The lowest BCUT2D eigenvalue weighted by atomic mass is 9.89. The highest BCUT2D eigenvalue weighted by molar-refractivity contribution is 6.23. The molecule has 3 rings (SSSR count). The van der Waals surface area contributed by atoms with Crippen LogP contribution in [0.1, 0.15) is 31.8 Å². The monoisotopic (exact) mass is 269 g/mol. The van der Waals surface area contributed by atoms with Crippen LogP contribution in [0.25, 0.3) is 10.8 Å². The second kappa shape index (κ2) is 4.07. The van der Waals surface area contributed by atoms with Gasteiger partial charge in [0.05, 0.1) is 11.1 Å². The van der Waals surface area contributed by atoms with Gasteiger partial charge in [0.15, 0.2) is 0 Å².